The van der Waals surface area contributed by atoms with Gasteiger partial charge in [-0.3, -0.25) is 9.88 Å². The van der Waals surface area contributed by atoms with E-state index in [4.69, 9.17) is 4.74 Å². The minimum absolute atomic E-state index is 0.249. The van der Waals surface area contributed by atoms with Gasteiger partial charge in [-0.05, 0) is 39.2 Å². The smallest absolute Gasteiger partial charge is 0.235 e. The number of hydrogen-bond donors (Lipinski definition) is 0. The van der Waals surface area contributed by atoms with Crippen LogP contribution in [0.4, 0.5) is 0 Å². The van der Waals surface area contributed by atoms with Crippen molar-refractivity contribution < 1.29 is 4.74 Å². The summed E-state index contributed by atoms with van der Waals surface area (Å²) in [5.41, 5.74) is 4.50. The van der Waals surface area contributed by atoms with Gasteiger partial charge in [-0.1, -0.05) is 29.8 Å². The summed E-state index contributed by atoms with van der Waals surface area (Å²) >= 11 is 0. The standard InChI is InChI=1S/C19H25N3O/c1-14-5-4-6-17(11-14)13-22-9-7-18(8-10-22)23-19-16(3)20-12-15(2)21-19/h4-6,11-12,18H,7-10,13H2,1-3H3. The number of benzene rings is 1. The Hall–Kier alpha value is -1.94. The number of likely N-dealkylation sites (tertiary alicyclic amines) is 1. The number of ether oxygens (including phenoxy) is 1. The molecular weight excluding hydrogens is 286 g/mol. The number of aryl methyl sites for hydroxylation is 3. The highest BCUT2D eigenvalue weighted by Crippen LogP contribution is 2.21. The lowest BCUT2D eigenvalue weighted by Gasteiger charge is -2.32. The van der Waals surface area contributed by atoms with Crippen molar-refractivity contribution in [2.24, 2.45) is 0 Å². The minimum atomic E-state index is 0.249. The summed E-state index contributed by atoms with van der Waals surface area (Å²) < 4.78 is 6.08. The van der Waals surface area contributed by atoms with Gasteiger partial charge < -0.3 is 4.74 Å². The first-order valence-corrected chi connectivity index (χ1v) is 8.35. The second kappa shape index (κ2) is 7.09. The molecule has 1 aromatic carbocycles. The molecule has 1 aliphatic heterocycles. The third kappa shape index (κ3) is 4.29. The van der Waals surface area contributed by atoms with Crippen molar-refractivity contribution in [3.8, 4) is 5.88 Å². The van der Waals surface area contributed by atoms with E-state index in [9.17, 15) is 0 Å². The predicted octanol–water partition coefficient (Wildman–Crippen LogP) is 3.45. The van der Waals surface area contributed by atoms with Crippen molar-refractivity contribution in [1.29, 1.82) is 0 Å². The maximum atomic E-state index is 6.08. The average Bonchev–Trinajstić information content (AvgIpc) is 2.53. The normalized spacial score (nSPS) is 16.5. The number of piperidine rings is 1. The molecule has 4 heteroatoms. The molecule has 0 bridgehead atoms. The quantitative estimate of drug-likeness (QED) is 0.867. The highest BCUT2D eigenvalue weighted by molar-refractivity contribution is 5.22. The molecule has 0 spiro atoms. The SMILES string of the molecule is Cc1cccc(CN2CCC(Oc3nc(C)cnc3C)CC2)c1. The highest BCUT2D eigenvalue weighted by Gasteiger charge is 2.21. The second-order valence-electron chi connectivity index (χ2n) is 6.48. The molecule has 0 radical (unpaired) electrons. The number of nitrogens with zero attached hydrogens (tertiary/aromatic N) is 3. The Balaban J connectivity index is 1.53. The molecule has 0 aliphatic carbocycles. The number of rotatable bonds is 4. The zero-order valence-electron chi connectivity index (χ0n) is 14.2. The van der Waals surface area contributed by atoms with Gasteiger partial charge in [0.1, 0.15) is 6.10 Å². The summed E-state index contributed by atoms with van der Waals surface area (Å²) in [5.74, 6) is 0.696. The van der Waals surface area contributed by atoms with E-state index in [1.807, 2.05) is 13.8 Å². The Morgan fingerprint density at radius 3 is 2.70 bits per heavy atom. The van der Waals surface area contributed by atoms with E-state index in [0.29, 0.717) is 5.88 Å². The Bertz CT molecular complexity index is 663. The third-order valence-corrected chi connectivity index (χ3v) is 4.33. The van der Waals surface area contributed by atoms with Gasteiger partial charge in [0.25, 0.3) is 0 Å². The monoisotopic (exact) mass is 311 g/mol. The summed E-state index contributed by atoms with van der Waals surface area (Å²) in [4.78, 5) is 11.3. The van der Waals surface area contributed by atoms with Crippen LogP contribution < -0.4 is 4.74 Å². The Kier molecular flexibility index (Phi) is 4.91. The molecule has 0 atom stereocenters. The topological polar surface area (TPSA) is 38.2 Å². The van der Waals surface area contributed by atoms with Crippen LogP contribution in [-0.4, -0.2) is 34.1 Å². The van der Waals surface area contributed by atoms with Crippen molar-refractivity contribution in [3.05, 3.63) is 53.0 Å². The maximum absolute atomic E-state index is 6.08. The molecule has 3 rings (SSSR count). The fourth-order valence-electron chi connectivity index (χ4n) is 3.04. The van der Waals surface area contributed by atoms with Crippen LogP contribution in [0.2, 0.25) is 0 Å². The highest BCUT2D eigenvalue weighted by atomic mass is 16.5. The van der Waals surface area contributed by atoms with Crippen molar-refractivity contribution >= 4 is 0 Å². The van der Waals surface area contributed by atoms with E-state index in [1.165, 1.54) is 11.1 Å². The summed E-state index contributed by atoms with van der Waals surface area (Å²) in [7, 11) is 0. The fraction of sp³-hybridized carbons (Fsp3) is 0.474. The zero-order valence-corrected chi connectivity index (χ0v) is 14.2. The van der Waals surface area contributed by atoms with Crippen molar-refractivity contribution in [1.82, 2.24) is 14.9 Å². The Morgan fingerprint density at radius 1 is 1.17 bits per heavy atom. The van der Waals surface area contributed by atoms with Gasteiger partial charge in [0.05, 0.1) is 11.4 Å². The summed E-state index contributed by atoms with van der Waals surface area (Å²) in [6.45, 7) is 9.21. The van der Waals surface area contributed by atoms with Gasteiger partial charge in [0.15, 0.2) is 0 Å². The van der Waals surface area contributed by atoms with Crippen molar-refractivity contribution in [2.45, 2.75) is 46.3 Å². The molecule has 2 aromatic rings. The van der Waals surface area contributed by atoms with E-state index in [2.05, 4.69) is 46.1 Å². The van der Waals surface area contributed by atoms with Gasteiger partial charge in [0, 0.05) is 25.8 Å². The molecule has 0 unspecified atom stereocenters. The predicted molar refractivity (Wildman–Crippen MR) is 91.6 cm³/mol. The molecule has 0 saturated carbocycles. The first-order chi connectivity index (χ1) is 11.1. The van der Waals surface area contributed by atoms with Gasteiger partial charge in [-0.2, -0.15) is 0 Å². The van der Waals surface area contributed by atoms with Crippen LogP contribution in [0.3, 0.4) is 0 Å². The molecule has 0 amide bonds. The van der Waals surface area contributed by atoms with Gasteiger partial charge >= 0.3 is 0 Å². The molecule has 1 saturated heterocycles. The van der Waals surface area contributed by atoms with E-state index in [1.54, 1.807) is 6.20 Å². The van der Waals surface area contributed by atoms with E-state index >= 15 is 0 Å². The van der Waals surface area contributed by atoms with Gasteiger partial charge in [0.2, 0.25) is 5.88 Å². The molecule has 1 fully saturated rings. The molecule has 4 nitrogen and oxygen atoms in total. The lowest BCUT2D eigenvalue weighted by molar-refractivity contribution is 0.0920. The second-order valence-corrected chi connectivity index (χ2v) is 6.48. The van der Waals surface area contributed by atoms with Crippen LogP contribution in [0.25, 0.3) is 0 Å². The average molecular weight is 311 g/mol. The van der Waals surface area contributed by atoms with Crippen molar-refractivity contribution in [2.75, 3.05) is 13.1 Å². The molecule has 1 aliphatic rings. The zero-order chi connectivity index (χ0) is 16.2. The largest absolute Gasteiger partial charge is 0.473 e. The number of hydrogen-bond acceptors (Lipinski definition) is 4. The molecular formula is C19H25N3O. The summed E-state index contributed by atoms with van der Waals surface area (Å²) in [5, 5.41) is 0. The molecule has 1 aromatic heterocycles. The molecule has 23 heavy (non-hydrogen) atoms. The lowest BCUT2D eigenvalue weighted by Crippen LogP contribution is -2.38. The summed E-state index contributed by atoms with van der Waals surface area (Å²) in [6.07, 6.45) is 4.12. The maximum Gasteiger partial charge on any atom is 0.235 e. The fourth-order valence-corrected chi connectivity index (χ4v) is 3.04. The Morgan fingerprint density at radius 2 is 1.96 bits per heavy atom. The van der Waals surface area contributed by atoms with E-state index < -0.39 is 0 Å². The third-order valence-electron chi connectivity index (χ3n) is 4.33. The van der Waals surface area contributed by atoms with Gasteiger partial charge in [-0.25, -0.2) is 4.98 Å². The Labute approximate surface area is 138 Å². The van der Waals surface area contributed by atoms with Crippen LogP contribution in [0.5, 0.6) is 5.88 Å². The van der Waals surface area contributed by atoms with Crippen LogP contribution in [0, 0.1) is 20.8 Å². The summed E-state index contributed by atoms with van der Waals surface area (Å²) in [6, 6.07) is 8.77. The lowest BCUT2D eigenvalue weighted by atomic mass is 10.1. The number of aromatic nitrogens is 2. The van der Waals surface area contributed by atoms with E-state index in [0.717, 1.165) is 43.9 Å². The van der Waals surface area contributed by atoms with Crippen LogP contribution in [0.1, 0.15) is 35.4 Å². The first kappa shape index (κ1) is 15.9. The van der Waals surface area contributed by atoms with Gasteiger partial charge in [-0.15, -0.1) is 0 Å². The van der Waals surface area contributed by atoms with Crippen LogP contribution in [-0.2, 0) is 6.54 Å². The molecule has 2 heterocycles. The first-order valence-electron chi connectivity index (χ1n) is 8.35. The minimum Gasteiger partial charge on any atom is -0.473 e. The van der Waals surface area contributed by atoms with Crippen LogP contribution in [0.15, 0.2) is 30.5 Å². The van der Waals surface area contributed by atoms with E-state index in [-0.39, 0.29) is 6.10 Å². The van der Waals surface area contributed by atoms with Crippen molar-refractivity contribution in [3.63, 3.8) is 0 Å². The molecule has 0 N–H and O–H groups in total. The van der Waals surface area contributed by atoms with Crippen LogP contribution >= 0.6 is 0 Å². The molecule has 122 valence electrons.